The Morgan fingerprint density at radius 1 is 0.917 bits per heavy atom. The van der Waals surface area contributed by atoms with Gasteiger partial charge in [-0.15, -0.1) is 0 Å². The molecule has 36 heavy (non-hydrogen) atoms. The van der Waals surface area contributed by atoms with Gasteiger partial charge in [-0.2, -0.15) is 0 Å². The predicted octanol–water partition coefficient (Wildman–Crippen LogP) is 4.53. The summed E-state index contributed by atoms with van der Waals surface area (Å²) in [7, 11) is 0. The minimum Gasteiger partial charge on any atom is -0.356 e. The summed E-state index contributed by atoms with van der Waals surface area (Å²) in [6, 6.07) is 20.8. The van der Waals surface area contributed by atoms with E-state index in [9.17, 15) is 18.8 Å². The number of hydrogen-bond acceptors (Lipinski definition) is 3. The van der Waals surface area contributed by atoms with Crippen molar-refractivity contribution in [1.82, 2.24) is 14.5 Å². The van der Waals surface area contributed by atoms with Crippen molar-refractivity contribution in [2.45, 2.75) is 38.8 Å². The van der Waals surface area contributed by atoms with E-state index in [2.05, 4.69) is 5.32 Å². The molecule has 8 heteroatoms. The Morgan fingerprint density at radius 2 is 1.67 bits per heavy atom. The number of rotatable bonds is 10. The van der Waals surface area contributed by atoms with E-state index in [0.29, 0.717) is 42.3 Å². The highest BCUT2D eigenvalue weighted by Gasteiger charge is 2.14. The molecule has 1 heterocycles. The van der Waals surface area contributed by atoms with Crippen molar-refractivity contribution in [2.24, 2.45) is 0 Å². The standard InChI is InChI=1S/C28H27ClFN3O3/c29-24-18-22(30)14-13-21(24)19-33-25-11-5-4-10-23(25)27(35)32(28(33)36)17-7-6-12-26(34)31-16-15-20-8-2-1-3-9-20/h1-5,8-11,13-14,18H,6-7,12,15-17,19H2,(H,31,34). The first-order valence-electron chi connectivity index (χ1n) is 11.9. The fourth-order valence-corrected chi connectivity index (χ4v) is 4.40. The van der Waals surface area contributed by atoms with Gasteiger partial charge >= 0.3 is 5.69 Å². The minimum absolute atomic E-state index is 0.0554. The summed E-state index contributed by atoms with van der Waals surface area (Å²) < 4.78 is 16.2. The predicted molar refractivity (Wildman–Crippen MR) is 140 cm³/mol. The average molecular weight is 508 g/mol. The van der Waals surface area contributed by atoms with Crippen molar-refractivity contribution in [1.29, 1.82) is 0 Å². The summed E-state index contributed by atoms with van der Waals surface area (Å²) in [5.41, 5.74) is 1.38. The second-order valence-electron chi connectivity index (χ2n) is 8.62. The van der Waals surface area contributed by atoms with Crippen molar-refractivity contribution < 1.29 is 9.18 Å². The van der Waals surface area contributed by atoms with Crippen molar-refractivity contribution in [2.75, 3.05) is 6.54 Å². The maximum Gasteiger partial charge on any atom is 0.331 e. The molecule has 0 aliphatic heterocycles. The minimum atomic E-state index is -0.466. The number of para-hydroxylation sites is 1. The van der Waals surface area contributed by atoms with Crippen LogP contribution in [0, 0.1) is 5.82 Å². The Labute approximate surface area is 213 Å². The fourth-order valence-electron chi connectivity index (χ4n) is 4.18. The lowest BCUT2D eigenvalue weighted by molar-refractivity contribution is -0.121. The summed E-state index contributed by atoms with van der Waals surface area (Å²) in [5, 5.41) is 3.53. The summed E-state index contributed by atoms with van der Waals surface area (Å²) >= 11 is 6.20. The molecule has 1 N–H and O–H groups in total. The normalized spacial score (nSPS) is 11.1. The number of unbranched alkanes of at least 4 members (excludes halogenated alkanes) is 1. The van der Waals surface area contributed by atoms with Gasteiger partial charge in [0.15, 0.2) is 0 Å². The average Bonchev–Trinajstić information content (AvgIpc) is 2.88. The number of aromatic nitrogens is 2. The number of nitrogens with zero attached hydrogens (tertiary/aromatic N) is 2. The molecule has 0 saturated heterocycles. The second-order valence-corrected chi connectivity index (χ2v) is 9.03. The van der Waals surface area contributed by atoms with Gasteiger partial charge in [0, 0.05) is 24.5 Å². The molecular weight excluding hydrogens is 481 g/mol. The highest BCUT2D eigenvalue weighted by Crippen LogP contribution is 2.19. The van der Waals surface area contributed by atoms with Gasteiger partial charge in [-0.3, -0.25) is 18.7 Å². The van der Waals surface area contributed by atoms with Crippen LogP contribution in [0.25, 0.3) is 10.9 Å². The maximum atomic E-state index is 13.5. The third-order valence-corrected chi connectivity index (χ3v) is 6.44. The van der Waals surface area contributed by atoms with E-state index in [1.807, 2.05) is 30.3 Å². The van der Waals surface area contributed by atoms with E-state index in [0.717, 1.165) is 12.0 Å². The lowest BCUT2D eigenvalue weighted by Crippen LogP contribution is -2.40. The number of hydrogen-bond donors (Lipinski definition) is 1. The lowest BCUT2D eigenvalue weighted by Gasteiger charge is -2.15. The van der Waals surface area contributed by atoms with Crippen molar-refractivity contribution in [3.05, 3.63) is 116 Å². The number of carbonyl (C=O) groups is 1. The zero-order chi connectivity index (χ0) is 25.5. The molecule has 0 bridgehead atoms. The van der Waals surface area contributed by atoms with E-state index in [1.165, 1.54) is 27.3 Å². The first-order valence-corrected chi connectivity index (χ1v) is 12.3. The van der Waals surface area contributed by atoms with Crippen LogP contribution in [-0.2, 0) is 24.3 Å². The number of benzene rings is 3. The van der Waals surface area contributed by atoms with Gasteiger partial charge in [-0.1, -0.05) is 60.1 Å². The summed E-state index contributed by atoms with van der Waals surface area (Å²) in [6.45, 7) is 0.850. The van der Waals surface area contributed by atoms with E-state index in [4.69, 9.17) is 11.6 Å². The zero-order valence-electron chi connectivity index (χ0n) is 19.8. The number of amides is 1. The SMILES string of the molecule is O=C(CCCCn1c(=O)c2ccccc2n(Cc2ccc(F)cc2Cl)c1=O)NCCc1ccccc1. The maximum absolute atomic E-state index is 13.5. The van der Waals surface area contributed by atoms with Crippen LogP contribution in [0.2, 0.25) is 5.02 Å². The van der Waals surface area contributed by atoms with Crippen LogP contribution >= 0.6 is 11.6 Å². The smallest absolute Gasteiger partial charge is 0.331 e. The van der Waals surface area contributed by atoms with E-state index < -0.39 is 11.5 Å². The Balaban J connectivity index is 1.43. The molecule has 3 aromatic carbocycles. The van der Waals surface area contributed by atoms with Crippen LogP contribution in [0.5, 0.6) is 0 Å². The molecule has 0 aliphatic rings. The molecule has 4 rings (SSSR count). The molecule has 0 spiro atoms. The molecule has 0 saturated carbocycles. The largest absolute Gasteiger partial charge is 0.356 e. The van der Waals surface area contributed by atoms with E-state index in [1.54, 1.807) is 24.3 Å². The van der Waals surface area contributed by atoms with Crippen molar-refractivity contribution in [3.63, 3.8) is 0 Å². The van der Waals surface area contributed by atoms with Crippen LogP contribution < -0.4 is 16.6 Å². The van der Waals surface area contributed by atoms with Crippen LogP contribution in [-0.4, -0.2) is 21.6 Å². The molecule has 1 amide bonds. The molecule has 0 unspecified atom stereocenters. The summed E-state index contributed by atoms with van der Waals surface area (Å²) in [5.74, 6) is -0.518. The van der Waals surface area contributed by atoms with Gasteiger partial charge in [0.2, 0.25) is 5.91 Å². The zero-order valence-corrected chi connectivity index (χ0v) is 20.5. The number of fused-ring (bicyclic) bond motifs is 1. The monoisotopic (exact) mass is 507 g/mol. The summed E-state index contributed by atoms with van der Waals surface area (Å²) in [4.78, 5) is 38.6. The van der Waals surface area contributed by atoms with Gasteiger partial charge in [0.1, 0.15) is 5.82 Å². The van der Waals surface area contributed by atoms with Gasteiger partial charge in [-0.25, -0.2) is 9.18 Å². The second kappa shape index (κ2) is 11.8. The molecule has 6 nitrogen and oxygen atoms in total. The first-order chi connectivity index (χ1) is 17.4. The molecule has 0 fully saturated rings. The lowest BCUT2D eigenvalue weighted by atomic mass is 10.1. The van der Waals surface area contributed by atoms with Crippen molar-refractivity contribution in [3.8, 4) is 0 Å². The fraction of sp³-hybridized carbons (Fsp3) is 0.250. The molecule has 0 radical (unpaired) electrons. The Morgan fingerprint density at radius 3 is 2.44 bits per heavy atom. The van der Waals surface area contributed by atoms with Crippen LogP contribution in [0.4, 0.5) is 4.39 Å². The van der Waals surface area contributed by atoms with Crippen LogP contribution in [0.1, 0.15) is 30.4 Å². The van der Waals surface area contributed by atoms with Gasteiger partial charge in [0.05, 0.1) is 17.4 Å². The van der Waals surface area contributed by atoms with Crippen molar-refractivity contribution >= 4 is 28.4 Å². The molecular formula is C28H27ClFN3O3. The van der Waals surface area contributed by atoms with Gasteiger partial charge in [0.25, 0.3) is 5.56 Å². The topological polar surface area (TPSA) is 73.1 Å². The third kappa shape index (κ3) is 6.10. The molecule has 4 aromatic rings. The van der Waals surface area contributed by atoms with Crippen LogP contribution in [0.15, 0.2) is 82.4 Å². The number of halogens is 2. The highest BCUT2D eigenvalue weighted by molar-refractivity contribution is 6.31. The molecule has 186 valence electrons. The quantitative estimate of drug-likeness (QED) is 0.320. The van der Waals surface area contributed by atoms with E-state index in [-0.39, 0.29) is 29.6 Å². The molecule has 0 atom stereocenters. The number of carbonyl (C=O) groups excluding carboxylic acids is 1. The Bertz CT molecular complexity index is 1480. The molecule has 1 aromatic heterocycles. The van der Waals surface area contributed by atoms with Gasteiger partial charge in [-0.05, 0) is 54.7 Å². The van der Waals surface area contributed by atoms with Crippen LogP contribution in [0.3, 0.4) is 0 Å². The Kier molecular flexibility index (Phi) is 8.33. The van der Waals surface area contributed by atoms with Gasteiger partial charge < -0.3 is 5.32 Å². The highest BCUT2D eigenvalue weighted by atomic mass is 35.5. The third-order valence-electron chi connectivity index (χ3n) is 6.09. The summed E-state index contributed by atoms with van der Waals surface area (Å²) in [6.07, 6.45) is 2.11. The Hall–Kier alpha value is -3.71. The van der Waals surface area contributed by atoms with E-state index >= 15 is 0 Å². The number of nitrogens with one attached hydrogen (secondary N) is 1. The first kappa shape index (κ1) is 25.4. The molecule has 0 aliphatic carbocycles.